The first-order chi connectivity index (χ1) is 16.9. The van der Waals surface area contributed by atoms with Crippen LogP contribution in [0.3, 0.4) is 0 Å². The third kappa shape index (κ3) is 7.22. The summed E-state index contributed by atoms with van der Waals surface area (Å²) in [5.41, 5.74) is 0.543. The third-order valence-electron chi connectivity index (χ3n) is 5.23. The average Bonchev–Trinajstić information content (AvgIpc) is 2.80. The van der Waals surface area contributed by atoms with Crippen LogP contribution in [-0.2, 0) is 20.4 Å². The quantitative estimate of drug-likeness (QED) is 0.419. The number of esters is 1. The number of alkyl halides is 3. The summed E-state index contributed by atoms with van der Waals surface area (Å²) in [5.74, 6) is -1.57. The first-order valence-electron chi connectivity index (χ1n) is 11.9. The van der Waals surface area contributed by atoms with Gasteiger partial charge in [-0.05, 0) is 58.7 Å². The topological polar surface area (TPSA) is 69.7 Å². The molecule has 1 aromatic heterocycles. The van der Waals surface area contributed by atoms with Crippen molar-refractivity contribution >= 4 is 11.7 Å². The Kier molecular flexibility index (Phi) is 10.3. The van der Waals surface area contributed by atoms with Crippen molar-refractivity contribution in [3.63, 3.8) is 0 Å². The number of fused-ring (bicyclic) bond motifs is 1. The summed E-state index contributed by atoms with van der Waals surface area (Å²) in [4.78, 5) is 16.8. The lowest BCUT2D eigenvalue weighted by atomic mass is 9.79. The predicted molar refractivity (Wildman–Crippen MR) is 133 cm³/mol. The zero-order valence-electron chi connectivity index (χ0n) is 21.8. The van der Waals surface area contributed by atoms with Crippen LogP contribution in [0.4, 0.5) is 18.9 Å². The van der Waals surface area contributed by atoms with E-state index in [1.807, 2.05) is 34.6 Å². The standard InChI is InChI=1S/C21H21F3N2O3.C6H14O/c1-4-11-29-19-18-15(9-10-25-19)26-12(2)16(20(27)28-3)17(18)13-7-5-6-8-14(13)21(22,23)24;1-5(2)7-6(3)4/h5-10,17,26H,4,11H2,1-3H3;5-6H,1-4H3. The smallest absolute Gasteiger partial charge is 0.416 e. The molecule has 0 radical (unpaired) electrons. The summed E-state index contributed by atoms with van der Waals surface area (Å²) in [7, 11) is 1.20. The number of aromatic nitrogens is 1. The molecule has 1 aliphatic rings. The monoisotopic (exact) mass is 508 g/mol. The van der Waals surface area contributed by atoms with Gasteiger partial charge in [0.1, 0.15) is 0 Å². The van der Waals surface area contributed by atoms with Crippen molar-refractivity contribution < 1.29 is 32.2 Å². The molecule has 3 rings (SSSR count). The number of carbonyl (C=O) groups excluding carboxylic acids is 1. The number of hydrogen-bond acceptors (Lipinski definition) is 6. The average molecular weight is 509 g/mol. The Balaban J connectivity index is 0.000000572. The molecule has 1 N–H and O–H groups in total. The summed E-state index contributed by atoms with van der Waals surface area (Å²) in [6, 6.07) is 6.86. The molecule has 0 spiro atoms. The van der Waals surface area contributed by atoms with E-state index in [0.29, 0.717) is 42.2 Å². The molecular formula is C27H35F3N2O4. The van der Waals surface area contributed by atoms with Gasteiger partial charge in [-0.25, -0.2) is 9.78 Å². The predicted octanol–water partition coefficient (Wildman–Crippen LogP) is 6.71. The second-order valence-corrected chi connectivity index (χ2v) is 8.83. The van der Waals surface area contributed by atoms with Gasteiger partial charge in [-0.15, -0.1) is 0 Å². The van der Waals surface area contributed by atoms with Gasteiger partial charge in [-0.1, -0.05) is 25.1 Å². The molecule has 1 unspecified atom stereocenters. The van der Waals surface area contributed by atoms with Crippen LogP contribution in [0.15, 0.2) is 47.8 Å². The van der Waals surface area contributed by atoms with Crippen LogP contribution in [0, 0.1) is 0 Å². The van der Waals surface area contributed by atoms with Crippen molar-refractivity contribution in [3.05, 3.63) is 64.5 Å². The van der Waals surface area contributed by atoms with Gasteiger partial charge in [0.15, 0.2) is 0 Å². The highest BCUT2D eigenvalue weighted by Gasteiger charge is 2.41. The molecule has 6 nitrogen and oxygen atoms in total. The summed E-state index contributed by atoms with van der Waals surface area (Å²) in [6.07, 6.45) is -1.63. The molecule has 198 valence electrons. The molecule has 1 aromatic carbocycles. The van der Waals surface area contributed by atoms with Crippen molar-refractivity contribution in [1.29, 1.82) is 0 Å². The number of rotatable bonds is 7. The van der Waals surface area contributed by atoms with E-state index >= 15 is 0 Å². The number of carbonyl (C=O) groups is 1. The molecule has 0 saturated carbocycles. The number of allylic oxidation sites excluding steroid dienone is 1. The molecule has 9 heteroatoms. The van der Waals surface area contributed by atoms with Crippen molar-refractivity contribution in [2.75, 3.05) is 19.0 Å². The minimum absolute atomic E-state index is 0.0585. The Morgan fingerprint density at radius 1 is 1.11 bits per heavy atom. The highest BCUT2D eigenvalue weighted by molar-refractivity contribution is 5.95. The molecule has 2 aromatic rings. The maximum Gasteiger partial charge on any atom is 0.416 e. The van der Waals surface area contributed by atoms with E-state index in [4.69, 9.17) is 14.2 Å². The van der Waals surface area contributed by atoms with Crippen LogP contribution in [0.25, 0.3) is 0 Å². The number of hydrogen-bond donors (Lipinski definition) is 1. The number of anilines is 1. The SMILES string of the molecule is CC(C)OC(C)C.CCCOc1nccc2c1C(c1ccccc1C(F)(F)F)C(C(=O)OC)=C(C)N2. The minimum atomic E-state index is -4.59. The molecule has 0 aliphatic carbocycles. The van der Waals surface area contributed by atoms with E-state index < -0.39 is 23.6 Å². The molecule has 36 heavy (non-hydrogen) atoms. The van der Waals surface area contributed by atoms with Crippen molar-refractivity contribution in [1.82, 2.24) is 4.98 Å². The van der Waals surface area contributed by atoms with Gasteiger partial charge in [0, 0.05) is 23.1 Å². The van der Waals surface area contributed by atoms with Gasteiger partial charge in [0.2, 0.25) is 5.88 Å². The summed E-state index contributed by atoms with van der Waals surface area (Å²) >= 11 is 0. The zero-order valence-corrected chi connectivity index (χ0v) is 21.8. The number of nitrogens with one attached hydrogen (secondary N) is 1. The molecule has 0 fully saturated rings. The van der Waals surface area contributed by atoms with Gasteiger partial charge in [0.25, 0.3) is 0 Å². The summed E-state index contributed by atoms with van der Waals surface area (Å²) in [5, 5.41) is 3.08. The summed E-state index contributed by atoms with van der Waals surface area (Å²) < 4.78 is 57.2. The van der Waals surface area contributed by atoms with Gasteiger partial charge in [0.05, 0.1) is 43.0 Å². The highest BCUT2D eigenvalue weighted by Crippen LogP contribution is 2.48. The maximum absolute atomic E-state index is 13.8. The zero-order chi connectivity index (χ0) is 27.0. The van der Waals surface area contributed by atoms with Crippen LogP contribution in [0.1, 0.15) is 70.6 Å². The largest absolute Gasteiger partial charge is 0.477 e. The molecule has 0 bridgehead atoms. The van der Waals surface area contributed by atoms with Crippen LogP contribution < -0.4 is 10.1 Å². The normalized spacial score (nSPS) is 15.2. The Bertz CT molecular complexity index is 1060. The molecule has 1 aliphatic heterocycles. The fraction of sp³-hybridized carbons (Fsp3) is 0.481. The lowest BCUT2D eigenvalue weighted by molar-refractivity contribution is -0.139. The van der Waals surface area contributed by atoms with Crippen molar-refractivity contribution in [2.45, 2.75) is 72.3 Å². The Morgan fingerprint density at radius 2 is 1.75 bits per heavy atom. The van der Waals surface area contributed by atoms with E-state index in [1.54, 1.807) is 13.0 Å². The fourth-order valence-corrected chi connectivity index (χ4v) is 4.03. The number of pyridine rings is 1. The number of halogens is 3. The van der Waals surface area contributed by atoms with Gasteiger partial charge < -0.3 is 19.5 Å². The third-order valence-corrected chi connectivity index (χ3v) is 5.23. The van der Waals surface area contributed by atoms with Crippen LogP contribution in [0.2, 0.25) is 0 Å². The molecule has 0 amide bonds. The van der Waals surface area contributed by atoms with Crippen LogP contribution >= 0.6 is 0 Å². The number of nitrogens with zero attached hydrogens (tertiary/aromatic N) is 1. The first-order valence-corrected chi connectivity index (χ1v) is 11.9. The van der Waals surface area contributed by atoms with Crippen LogP contribution in [-0.4, -0.2) is 36.9 Å². The Morgan fingerprint density at radius 3 is 2.28 bits per heavy atom. The number of methoxy groups -OCH3 is 1. The maximum atomic E-state index is 13.8. The van der Waals surface area contributed by atoms with Crippen LogP contribution in [0.5, 0.6) is 5.88 Å². The molecule has 2 heterocycles. The second kappa shape index (κ2) is 12.8. The van der Waals surface area contributed by atoms with Gasteiger partial charge >= 0.3 is 12.1 Å². The Labute approximate surface area is 210 Å². The van der Waals surface area contributed by atoms with E-state index in [2.05, 4.69) is 10.3 Å². The lowest BCUT2D eigenvalue weighted by Gasteiger charge is -2.32. The first kappa shape index (κ1) is 29.2. The van der Waals surface area contributed by atoms with Gasteiger partial charge in [-0.3, -0.25) is 0 Å². The molecule has 0 saturated heterocycles. The number of benzene rings is 1. The summed E-state index contributed by atoms with van der Waals surface area (Å²) in [6.45, 7) is 12.0. The number of ether oxygens (including phenoxy) is 3. The Hall–Kier alpha value is -3.07. The highest BCUT2D eigenvalue weighted by atomic mass is 19.4. The van der Waals surface area contributed by atoms with Crippen molar-refractivity contribution in [3.8, 4) is 5.88 Å². The van der Waals surface area contributed by atoms with E-state index in [9.17, 15) is 18.0 Å². The fourth-order valence-electron chi connectivity index (χ4n) is 4.03. The van der Waals surface area contributed by atoms with E-state index in [-0.39, 0.29) is 17.0 Å². The minimum Gasteiger partial charge on any atom is -0.477 e. The van der Waals surface area contributed by atoms with E-state index in [1.165, 1.54) is 31.5 Å². The van der Waals surface area contributed by atoms with Crippen molar-refractivity contribution in [2.24, 2.45) is 0 Å². The molecular weight excluding hydrogens is 473 g/mol. The van der Waals surface area contributed by atoms with E-state index in [0.717, 1.165) is 6.07 Å². The van der Waals surface area contributed by atoms with Gasteiger partial charge in [-0.2, -0.15) is 13.2 Å². The lowest BCUT2D eigenvalue weighted by Crippen LogP contribution is -2.26. The second-order valence-electron chi connectivity index (χ2n) is 8.83. The molecule has 1 atom stereocenters.